The highest BCUT2D eigenvalue weighted by atomic mass is 32.2. The minimum absolute atomic E-state index is 0.184. The number of pyridine rings is 1. The molecule has 4 heterocycles. The van der Waals surface area contributed by atoms with Crippen LogP contribution in [0.5, 0.6) is 0 Å². The van der Waals surface area contributed by atoms with E-state index in [1.807, 2.05) is 73.5 Å². The number of thioether (sulfide) groups is 1. The van der Waals surface area contributed by atoms with Crippen LogP contribution in [0.1, 0.15) is 50.2 Å². The maximum Gasteiger partial charge on any atom is 0.327 e. The van der Waals surface area contributed by atoms with E-state index < -0.39 is 0 Å². The quantitative estimate of drug-likeness (QED) is 0.115. The molecule has 244 valence electrons. The minimum Gasteiger partial charge on any atom is -0.368 e. The summed E-state index contributed by atoms with van der Waals surface area (Å²) < 4.78 is 1.75. The van der Waals surface area contributed by atoms with Gasteiger partial charge in [0.1, 0.15) is 23.3 Å². The molecule has 1 aromatic carbocycles. The Kier molecular flexibility index (Phi) is 12.2. The van der Waals surface area contributed by atoms with Crippen LogP contribution in [0.4, 0.5) is 22.4 Å². The summed E-state index contributed by atoms with van der Waals surface area (Å²) in [5, 5.41) is 23.6. The van der Waals surface area contributed by atoms with E-state index in [4.69, 9.17) is 0 Å². The van der Waals surface area contributed by atoms with Gasteiger partial charge in [0, 0.05) is 55.9 Å². The number of anilines is 3. The molecule has 2 amide bonds. The zero-order valence-corrected chi connectivity index (χ0v) is 27.8. The summed E-state index contributed by atoms with van der Waals surface area (Å²) in [5.41, 5.74) is 3.37. The molecule has 3 N–H and O–H groups in total. The fourth-order valence-electron chi connectivity index (χ4n) is 5.17. The largest absolute Gasteiger partial charge is 0.368 e. The number of urea groups is 1. The topological polar surface area (TPSA) is 137 Å². The lowest BCUT2D eigenvalue weighted by Crippen LogP contribution is -2.36. The molecule has 0 radical (unpaired) electrons. The first-order valence-electron chi connectivity index (χ1n) is 16.1. The van der Waals surface area contributed by atoms with Gasteiger partial charge in [-0.2, -0.15) is 27.1 Å². The van der Waals surface area contributed by atoms with Crippen LogP contribution in [0.3, 0.4) is 0 Å². The highest BCUT2D eigenvalue weighted by molar-refractivity contribution is 8.00. The number of nitrogens with one attached hydrogen (secondary N) is 3. The number of aryl methyl sites for hydroxylation is 1. The fourth-order valence-corrected chi connectivity index (χ4v) is 5.97. The number of aromatic nitrogens is 5. The van der Waals surface area contributed by atoms with Crippen LogP contribution in [-0.4, -0.2) is 54.9 Å². The van der Waals surface area contributed by atoms with E-state index in [1.165, 1.54) is 0 Å². The molecule has 0 unspecified atom stereocenters. The van der Waals surface area contributed by atoms with Crippen LogP contribution in [-0.2, 0) is 13.6 Å². The van der Waals surface area contributed by atoms with Crippen LogP contribution in [0, 0.1) is 17.2 Å². The Morgan fingerprint density at radius 2 is 1.98 bits per heavy atom. The summed E-state index contributed by atoms with van der Waals surface area (Å²) in [4.78, 5) is 28.6. The summed E-state index contributed by atoms with van der Waals surface area (Å²) in [6, 6.07) is 15.8. The summed E-state index contributed by atoms with van der Waals surface area (Å²) in [6.45, 7) is 3.39. The van der Waals surface area contributed by atoms with Gasteiger partial charge in [0.05, 0.1) is 12.4 Å². The third-order valence-corrected chi connectivity index (χ3v) is 9.28. The molecule has 1 fully saturated rings. The highest BCUT2D eigenvalue weighted by Gasteiger charge is 2.19. The van der Waals surface area contributed by atoms with E-state index in [-0.39, 0.29) is 12.1 Å². The molecule has 3 aromatic heterocycles. The van der Waals surface area contributed by atoms with Crippen molar-refractivity contribution in [2.75, 3.05) is 33.6 Å². The van der Waals surface area contributed by atoms with Gasteiger partial charge >= 0.3 is 6.03 Å². The van der Waals surface area contributed by atoms with Gasteiger partial charge in [-0.25, -0.2) is 14.8 Å². The van der Waals surface area contributed by atoms with Crippen molar-refractivity contribution < 1.29 is 4.79 Å². The SMILES string of the molecule is CCC[C@H](CCC/C=C/N(C(=O)NCc1ccccc1)c1ccc(-c2cnn(C)c2)cn1)Nc1ncc(C#N)c(NCC2CSC2)n1. The van der Waals surface area contributed by atoms with E-state index in [2.05, 4.69) is 49.0 Å². The van der Waals surface area contributed by atoms with Crippen molar-refractivity contribution in [3.63, 3.8) is 0 Å². The molecule has 5 rings (SSSR count). The van der Waals surface area contributed by atoms with E-state index in [0.717, 1.165) is 66.8 Å². The van der Waals surface area contributed by atoms with Gasteiger partial charge in [0.25, 0.3) is 0 Å². The van der Waals surface area contributed by atoms with Gasteiger partial charge in [-0.15, -0.1) is 0 Å². The van der Waals surface area contributed by atoms with Gasteiger partial charge in [-0.1, -0.05) is 49.8 Å². The normalized spacial score (nSPS) is 13.5. The van der Waals surface area contributed by atoms with Crippen molar-refractivity contribution in [3.8, 4) is 17.2 Å². The fraction of sp³-hybridized carbons (Fsp3) is 0.371. The van der Waals surface area contributed by atoms with E-state index in [9.17, 15) is 10.1 Å². The number of nitriles is 1. The first-order valence-corrected chi connectivity index (χ1v) is 17.3. The predicted octanol–water partition coefficient (Wildman–Crippen LogP) is 6.60. The van der Waals surface area contributed by atoms with Crippen molar-refractivity contribution in [1.82, 2.24) is 30.0 Å². The van der Waals surface area contributed by atoms with Crippen LogP contribution in [0.25, 0.3) is 11.1 Å². The number of hydrogen-bond donors (Lipinski definition) is 3. The first-order chi connectivity index (χ1) is 23.0. The van der Waals surface area contributed by atoms with Gasteiger partial charge < -0.3 is 16.0 Å². The lowest BCUT2D eigenvalue weighted by Gasteiger charge is -2.25. The Bertz CT molecular complexity index is 1650. The van der Waals surface area contributed by atoms with E-state index in [1.54, 1.807) is 34.4 Å². The van der Waals surface area contributed by atoms with Crippen molar-refractivity contribution in [1.29, 1.82) is 5.26 Å². The Morgan fingerprint density at radius 3 is 2.66 bits per heavy atom. The molecule has 1 aliphatic heterocycles. The highest BCUT2D eigenvalue weighted by Crippen LogP contribution is 2.25. The third-order valence-electron chi connectivity index (χ3n) is 7.86. The molecule has 0 aliphatic carbocycles. The lowest BCUT2D eigenvalue weighted by atomic mass is 10.1. The number of hydrogen-bond acceptors (Lipinski definition) is 9. The molecular formula is C35H42N10OS. The maximum atomic E-state index is 13.4. The lowest BCUT2D eigenvalue weighted by molar-refractivity contribution is 0.248. The van der Waals surface area contributed by atoms with E-state index in [0.29, 0.717) is 35.6 Å². The monoisotopic (exact) mass is 650 g/mol. The average Bonchev–Trinajstić information content (AvgIpc) is 3.51. The number of allylic oxidation sites excluding steroid dienone is 1. The zero-order chi connectivity index (χ0) is 32.8. The van der Waals surface area contributed by atoms with Crippen LogP contribution < -0.4 is 20.9 Å². The summed E-state index contributed by atoms with van der Waals surface area (Å²) in [7, 11) is 1.88. The molecule has 1 aliphatic rings. The Morgan fingerprint density at radius 1 is 1.13 bits per heavy atom. The number of amides is 2. The summed E-state index contributed by atoms with van der Waals surface area (Å²) in [6.07, 6.45) is 15.5. The second-order valence-corrected chi connectivity index (χ2v) is 12.7. The standard InChI is InChI=1S/C35H42N10OS/c1-3-10-31(42-34-39-21-29(17-36)33(43-34)38-19-27-24-47-25-27)13-8-5-9-16-45(35(46)40-18-26-11-6-4-7-12-26)32-15-14-28(20-37-32)30-22-41-44(2)23-30/h4,6-7,9,11-12,14-16,20-23,27,31H,3,5,8,10,13,18-19,24-25H2,1-2H3,(H,40,46)(H2,38,39,42,43)/b16-9+/t31-/m1/s1. The number of rotatable bonds is 16. The molecule has 0 spiro atoms. The zero-order valence-electron chi connectivity index (χ0n) is 27.0. The summed E-state index contributed by atoms with van der Waals surface area (Å²) >= 11 is 1.94. The Balaban J connectivity index is 1.20. The third kappa shape index (κ3) is 9.80. The van der Waals surface area contributed by atoms with Crippen molar-refractivity contribution in [2.45, 2.75) is 51.6 Å². The molecule has 11 nitrogen and oxygen atoms in total. The predicted molar refractivity (Wildman–Crippen MR) is 189 cm³/mol. The number of nitrogens with zero attached hydrogens (tertiary/aromatic N) is 7. The smallest absolute Gasteiger partial charge is 0.327 e. The molecule has 47 heavy (non-hydrogen) atoms. The first kappa shape index (κ1) is 33.5. The van der Waals surface area contributed by atoms with Gasteiger partial charge in [-0.3, -0.25) is 9.58 Å². The van der Waals surface area contributed by atoms with Gasteiger partial charge in [0.15, 0.2) is 0 Å². The minimum atomic E-state index is -0.254. The van der Waals surface area contributed by atoms with Crippen LogP contribution in [0.15, 0.2) is 79.5 Å². The molecule has 1 atom stereocenters. The van der Waals surface area contributed by atoms with Crippen molar-refractivity contribution in [2.24, 2.45) is 13.0 Å². The van der Waals surface area contributed by atoms with E-state index >= 15 is 0 Å². The van der Waals surface area contributed by atoms with Crippen LogP contribution >= 0.6 is 11.8 Å². The number of carbonyl (C=O) groups is 1. The number of carbonyl (C=O) groups excluding carboxylic acids is 1. The Hall–Kier alpha value is -4.89. The molecule has 1 saturated heterocycles. The number of benzene rings is 1. The maximum absolute atomic E-state index is 13.4. The van der Waals surface area contributed by atoms with Crippen molar-refractivity contribution >= 4 is 35.4 Å². The molecule has 0 bridgehead atoms. The average molecular weight is 651 g/mol. The molecule has 4 aromatic rings. The van der Waals surface area contributed by atoms with Crippen LogP contribution in [0.2, 0.25) is 0 Å². The van der Waals surface area contributed by atoms with Gasteiger partial charge in [0.2, 0.25) is 5.95 Å². The Labute approximate surface area is 280 Å². The second-order valence-electron chi connectivity index (χ2n) is 11.6. The summed E-state index contributed by atoms with van der Waals surface area (Å²) in [5.74, 6) is 4.56. The second kappa shape index (κ2) is 17.1. The van der Waals surface area contributed by atoms with Crippen molar-refractivity contribution in [3.05, 3.63) is 90.7 Å². The van der Waals surface area contributed by atoms with Gasteiger partial charge in [-0.05, 0) is 60.8 Å². The molecular weight excluding hydrogens is 609 g/mol. The number of unbranched alkanes of at least 4 members (excludes halogenated alkanes) is 1. The molecule has 0 saturated carbocycles. The molecule has 12 heteroatoms.